The molecule has 2 aliphatic heterocycles. The molecule has 0 unspecified atom stereocenters. The lowest BCUT2D eigenvalue weighted by Gasteiger charge is -2.41. The largest absolute Gasteiger partial charge is 0.383 e. The first-order valence-corrected chi connectivity index (χ1v) is 9.68. The fourth-order valence-corrected chi connectivity index (χ4v) is 4.02. The smallest absolute Gasteiger partial charge is 0.224 e. The number of likely N-dealkylation sites (tertiary alicyclic amines) is 2. The second kappa shape index (κ2) is 9.43. The molecule has 0 aliphatic carbocycles. The summed E-state index contributed by atoms with van der Waals surface area (Å²) in [4.78, 5) is 21.5. The van der Waals surface area contributed by atoms with E-state index in [2.05, 4.69) is 25.3 Å². The van der Waals surface area contributed by atoms with E-state index >= 15 is 0 Å². The van der Waals surface area contributed by atoms with Gasteiger partial charge in [-0.15, -0.1) is 0 Å². The molecular weight excluding hydrogens is 334 g/mol. The van der Waals surface area contributed by atoms with Gasteiger partial charge in [-0.2, -0.15) is 4.98 Å². The van der Waals surface area contributed by atoms with E-state index in [-0.39, 0.29) is 11.8 Å². The zero-order valence-electron chi connectivity index (χ0n) is 15.9. The second-order valence-electron chi connectivity index (χ2n) is 7.35. The van der Waals surface area contributed by atoms with Gasteiger partial charge in [-0.25, -0.2) is 0 Å². The summed E-state index contributed by atoms with van der Waals surface area (Å²) >= 11 is 0. The van der Waals surface area contributed by atoms with Crippen LogP contribution in [0.1, 0.15) is 37.4 Å². The van der Waals surface area contributed by atoms with Crippen LogP contribution in [-0.2, 0) is 16.1 Å². The molecule has 0 radical (unpaired) electrons. The molecule has 3 rings (SSSR count). The third-order valence-electron chi connectivity index (χ3n) is 5.44. The van der Waals surface area contributed by atoms with Gasteiger partial charge >= 0.3 is 0 Å². The number of amides is 1. The Kier molecular flexibility index (Phi) is 6.99. The summed E-state index contributed by atoms with van der Waals surface area (Å²) in [5.74, 6) is 1.68. The van der Waals surface area contributed by atoms with Gasteiger partial charge in [0.1, 0.15) is 0 Å². The Balaban J connectivity index is 1.42. The Labute approximate surface area is 155 Å². The predicted octanol–water partition coefficient (Wildman–Crippen LogP) is 0.817. The normalized spacial score (nSPS) is 23.2. The average Bonchev–Trinajstić information content (AvgIpc) is 3.07. The molecule has 1 amide bonds. The van der Waals surface area contributed by atoms with Crippen molar-refractivity contribution in [2.75, 3.05) is 46.4 Å². The van der Waals surface area contributed by atoms with E-state index in [1.165, 1.54) is 0 Å². The maximum atomic E-state index is 12.3. The van der Waals surface area contributed by atoms with Crippen LogP contribution >= 0.6 is 0 Å². The Morgan fingerprint density at radius 2 is 2.12 bits per heavy atom. The number of hydrogen-bond donors (Lipinski definition) is 1. The fraction of sp³-hybridized carbons (Fsp3) is 0.833. The van der Waals surface area contributed by atoms with Gasteiger partial charge in [0.15, 0.2) is 5.82 Å². The third kappa shape index (κ3) is 5.25. The first kappa shape index (κ1) is 19.3. The third-order valence-corrected chi connectivity index (χ3v) is 5.44. The molecule has 146 valence electrons. The topological polar surface area (TPSA) is 83.7 Å². The number of rotatable bonds is 7. The summed E-state index contributed by atoms with van der Waals surface area (Å²) in [5.41, 5.74) is 0. The van der Waals surface area contributed by atoms with E-state index in [0.29, 0.717) is 25.1 Å². The molecule has 0 aromatic carbocycles. The molecule has 8 heteroatoms. The number of carbonyl (C=O) groups is 1. The molecule has 0 spiro atoms. The summed E-state index contributed by atoms with van der Waals surface area (Å²) in [6.07, 6.45) is 4.36. The number of aromatic nitrogens is 2. The molecule has 2 saturated heterocycles. The number of ether oxygens (including phenoxy) is 1. The molecule has 1 aromatic heterocycles. The quantitative estimate of drug-likeness (QED) is 0.716. The van der Waals surface area contributed by atoms with E-state index in [1.54, 1.807) is 7.11 Å². The van der Waals surface area contributed by atoms with Crippen molar-refractivity contribution in [2.45, 2.75) is 45.2 Å². The molecule has 1 N–H and O–H groups in total. The zero-order valence-corrected chi connectivity index (χ0v) is 15.9. The van der Waals surface area contributed by atoms with Crippen molar-refractivity contribution in [3.05, 3.63) is 11.7 Å². The summed E-state index contributed by atoms with van der Waals surface area (Å²) in [7, 11) is 1.65. The SMILES string of the molecule is COCCNC(=O)[C@@H]1CCCN(C2CCN(Cc3noc(C)n3)CC2)C1. The molecule has 2 fully saturated rings. The summed E-state index contributed by atoms with van der Waals surface area (Å²) in [6, 6.07) is 0.577. The molecule has 3 heterocycles. The molecule has 2 aliphatic rings. The van der Waals surface area contributed by atoms with E-state index in [9.17, 15) is 4.79 Å². The van der Waals surface area contributed by atoms with Gasteiger partial charge in [0, 0.05) is 46.3 Å². The van der Waals surface area contributed by atoms with Crippen molar-refractivity contribution in [2.24, 2.45) is 5.92 Å². The number of nitrogens with zero attached hydrogens (tertiary/aromatic N) is 4. The lowest BCUT2D eigenvalue weighted by Crippen LogP contribution is -2.50. The highest BCUT2D eigenvalue weighted by molar-refractivity contribution is 5.78. The van der Waals surface area contributed by atoms with Crippen LogP contribution in [0.15, 0.2) is 4.52 Å². The fourth-order valence-electron chi connectivity index (χ4n) is 4.02. The van der Waals surface area contributed by atoms with Gasteiger partial charge in [0.2, 0.25) is 11.8 Å². The lowest BCUT2D eigenvalue weighted by molar-refractivity contribution is -0.127. The van der Waals surface area contributed by atoms with Crippen LogP contribution in [-0.4, -0.2) is 78.3 Å². The van der Waals surface area contributed by atoms with Crippen molar-refractivity contribution in [3.8, 4) is 0 Å². The van der Waals surface area contributed by atoms with Crippen LogP contribution in [0.5, 0.6) is 0 Å². The second-order valence-corrected chi connectivity index (χ2v) is 7.35. The van der Waals surface area contributed by atoms with Crippen LogP contribution in [0.4, 0.5) is 0 Å². The molecule has 0 bridgehead atoms. The Morgan fingerprint density at radius 1 is 1.31 bits per heavy atom. The van der Waals surface area contributed by atoms with E-state index in [4.69, 9.17) is 9.26 Å². The van der Waals surface area contributed by atoms with Crippen LogP contribution < -0.4 is 5.32 Å². The lowest BCUT2D eigenvalue weighted by atomic mass is 9.93. The number of aryl methyl sites for hydroxylation is 1. The first-order valence-electron chi connectivity index (χ1n) is 9.68. The van der Waals surface area contributed by atoms with E-state index < -0.39 is 0 Å². The van der Waals surface area contributed by atoms with Crippen LogP contribution in [0, 0.1) is 12.8 Å². The van der Waals surface area contributed by atoms with Crippen molar-refractivity contribution in [3.63, 3.8) is 0 Å². The van der Waals surface area contributed by atoms with Gasteiger partial charge in [-0.1, -0.05) is 5.16 Å². The highest BCUT2D eigenvalue weighted by Gasteiger charge is 2.31. The van der Waals surface area contributed by atoms with Crippen molar-refractivity contribution in [1.82, 2.24) is 25.3 Å². The van der Waals surface area contributed by atoms with E-state index in [0.717, 1.165) is 64.2 Å². The number of piperidine rings is 2. The Hall–Kier alpha value is -1.51. The molecular formula is C18H31N5O3. The van der Waals surface area contributed by atoms with Crippen LogP contribution in [0.3, 0.4) is 0 Å². The predicted molar refractivity (Wildman–Crippen MR) is 96.5 cm³/mol. The van der Waals surface area contributed by atoms with Gasteiger partial charge in [0.25, 0.3) is 0 Å². The van der Waals surface area contributed by atoms with Crippen molar-refractivity contribution >= 4 is 5.91 Å². The van der Waals surface area contributed by atoms with Gasteiger partial charge in [-0.05, 0) is 32.2 Å². The standard InChI is InChI=1S/C18H31N5O3/c1-14-20-17(21-26-14)13-22-9-5-16(6-10-22)23-8-3-4-15(12-23)18(24)19-7-11-25-2/h15-16H,3-13H2,1-2H3,(H,19,24)/t15-/m1/s1. The van der Waals surface area contributed by atoms with Crippen molar-refractivity contribution in [1.29, 1.82) is 0 Å². The molecule has 1 aromatic rings. The summed E-state index contributed by atoms with van der Waals surface area (Å²) in [5, 5.41) is 6.98. The number of carbonyl (C=O) groups excluding carboxylic acids is 1. The monoisotopic (exact) mass is 365 g/mol. The van der Waals surface area contributed by atoms with Gasteiger partial charge < -0.3 is 14.6 Å². The van der Waals surface area contributed by atoms with Crippen LogP contribution in [0.25, 0.3) is 0 Å². The maximum absolute atomic E-state index is 12.3. The van der Waals surface area contributed by atoms with Gasteiger partial charge in [0.05, 0.1) is 19.1 Å². The first-order chi connectivity index (χ1) is 12.7. The average molecular weight is 365 g/mol. The minimum absolute atomic E-state index is 0.112. The zero-order chi connectivity index (χ0) is 18.4. The summed E-state index contributed by atoms with van der Waals surface area (Å²) < 4.78 is 10.1. The molecule has 8 nitrogen and oxygen atoms in total. The number of hydrogen-bond acceptors (Lipinski definition) is 7. The summed E-state index contributed by atoms with van der Waals surface area (Å²) in [6.45, 7) is 7.82. The van der Waals surface area contributed by atoms with Crippen LogP contribution in [0.2, 0.25) is 0 Å². The van der Waals surface area contributed by atoms with Crippen molar-refractivity contribution < 1.29 is 14.1 Å². The van der Waals surface area contributed by atoms with E-state index in [1.807, 2.05) is 6.92 Å². The minimum atomic E-state index is 0.112. The highest BCUT2D eigenvalue weighted by Crippen LogP contribution is 2.24. The molecule has 0 saturated carbocycles. The number of methoxy groups -OCH3 is 1. The maximum Gasteiger partial charge on any atom is 0.224 e. The Bertz CT molecular complexity index is 571. The minimum Gasteiger partial charge on any atom is -0.383 e. The molecule has 1 atom stereocenters. The number of nitrogens with one attached hydrogen (secondary N) is 1. The molecule has 26 heavy (non-hydrogen) atoms. The Morgan fingerprint density at radius 3 is 2.81 bits per heavy atom. The van der Waals surface area contributed by atoms with Gasteiger partial charge in [-0.3, -0.25) is 14.6 Å². The highest BCUT2D eigenvalue weighted by atomic mass is 16.5.